The summed E-state index contributed by atoms with van der Waals surface area (Å²) >= 11 is 0. The quantitative estimate of drug-likeness (QED) is 0.602. The molecule has 0 aliphatic heterocycles. The van der Waals surface area contributed by atoms with Gasteiger partial charge in [-0.05, 0) is 38.5 Å². The van der Waals surface area contributed by atoms with E-state index in [4.69, 9.17) is 9.47 Å². The minimum Gasteiger partial charge on any atom is -0.508 e. The Kier molecular flexibility index (Phi) is 5.68. The first-order chi connectivity index (χ1) is 11.0. The molecule has 1 aromatic heterocycles. The second-order valence-corrected chi connectivity index (χ2v) is 5.64. The molecule has 0 aliphatic carbocycles. The number of phenolic OH excluding ortho intramolecular Hbond substituents is 1. The molecule has 0 radical (unpaired) electrons. The summed E-state index contributed by atoms with van der Waals surface area (Å²) in [6, 6.07) is 4.78. The molecule has 5 heteroatoms. The van der Waals surface area contributed by atoms with Crippen LogP contribution in [0.4, 0.5) is 0 Å². The van der Waals surface area contributed by atoms with Crippen molar-refractivity contribution in [1.29, 1.82) is 0 Å². The molecule has 2 rings (SSSR count). The van der Waals surface area contributed by atoms with Gasteiger partial charge in [-0.1, -0.05) is 18.9 Å². The Morgan fingerprint density at radius 1 is 1.26 bits per heavy atom. The van der Waals surface area contributed by atoms with E-state index >= 15 is 0 Å². The van der Waals surface area contributed by atoms with E-state index in [9.17, 15) is 9.90 Å². The van der Waals surface area contributed by atoms with Gasteiger partial charge in [0.05, 0.1) is 12.1 Å². The number of hydrogen-bond donors (Lipinski definition) is 2. The van der Waals surface area contributed by atoms with Gasteiger partial charge < -0.3 is 19.6 Å². The number of hydrogen-bond acceptors (Lipinski definition) is 4. The third-order valence-corrected chi connectivity index (χ3v) is 3.37. The van der Waals surface area contributed by atoms with Crippen molar-refractivity contribution in [1.82, 2.24) is 4.98 Å². The van der Waals surface area contributed by atoms with Crippen molar-refractivity contribution in [2.75, 3.05) is 13.2 Å². The number of aromatic hydroxyl groups is 1. The van der Waals surface area contributed by atoms with Gasteiger partial charge in [0.1, 0.15) is 12.4 Å². The lowest BCUT2D eigenvalue weighted by atomic mass is 10.2. The number of fused-ring (bicyclic) bond motifs is 1. The van der Waals surface area contributed by atoms with E-state index in [-0.39, 0.29) is 17.1 Å². The molecule has 0 spiro atoms. The molecule has 0 saturated carbocycles. The monoisotopic (exact) mass is 317 g/mol. The van der Waals surface area contributed by atoms with Gasteiger partial charge in [0, 0.05) is 11.5 Å². The van der Waals surface area contributed by atoms with Crippen LogP contribution in [0, 0.1) is 0 Å². The van der Waals surface area contributed by atoms with Gasteiger partial charge in [-0.25, -0.2) is 0 Å². The number of unbranched alkanes of at least 4 members (excludes halogenated alkanes) is 1. The number of nitrogens with one attached hydrogen (secondary N) is 1. The maximum absolute atomic E-state index is 12.3. The van der Waals surface area contributed by atoms with Crippen molar-refractivity contribution >= 4 is 10.9 Å². The molecule has 1 heterocycles. The number of pyridine rings is 1. The fourth-order valence-electron chi connectivity index (χ4n) is 2.12. The molecular weight excluding hydrogens is 294 g/mol. The molecule has 124 valence electrons. The number of phenols is 1. The Morgan fingerprint density at radius 3 is 2.74 bits per heavy atom. The van der Waals surface area contributed by atoms with Crippen LogP contribution in [0.15, 0.2) is 34.6 Å². The predicted octanol–water partition coefficient (Wildman–Crippen LogP) is 3.76. The van der Waals surface area contributed by atoms with Crippen LogP contribution in [0.2, 0.25) is 0 Å². The minimum absolute atomic E-state index is 0.0888. The zero-order valence-electron chi connectivity index (χ0n) is 13.8. The topological polar surface area (TPSA) is 71.5 Å². The van der Waals surface area contributed by atoms with Crippen LogP contribution >= 0.6 is 0 Å². The van der Waals surface area contributed by atoms with E-state index in [1.54, 1.807) is 12.1 Å². The summed E-state index contributed by atoms with van der Waals surface area (Å²) in [5.41, 5.74) is 1.27. The van der Waals surface area contributed by atoms with Gasteiger partial charge in [-0.15, -0.1) is 0 Å². The number of H-pyrrole nitrogens is 1. The van der Waals surface area contributed by atoms with E-state index in [0.29, 0.717) is 29.9 Å². The first-order valence-electron chi connectivity index (χ1n) is 7.81. The molecule has 23 heavy (non-hydrogen) atoms. The summed E-state index contributed by atoms with van der Waals surface area (Å²) in [4.78, 5) is 15.0. The van der Waals surface area contributed by atoms with E-state index in [1.807, 2.05) is 19.9 Å². The summed E-state index contributed by atoms with van der Waals surface area (Å²) in [6.07, 6.45) is 3.78. The molecule has 0 amide bonds. The maximum atomic E-state index is 12.3. The molecule has 1 aromatic carbocycles. The third-order valence-electron chi connectivity index (χ3n) is 3.37. The number of ether oxygens (including phenoxy) is 2. The third kappa shape index (κ3) is 4.28. The molecular formula is C18H23NO4. The second-order valence-electron chi connectivity index (χ2n) is 5.64. The molecule has 0 unspecified atom stereocenters. The van der Waals surface area contributed by atoms with Gasteiger partial charge in [0.25, 0.3) is 5.56 Å². The van der Waals surface area contributed by atoms with Crippen molar-refractivity contribution in [2.24, 2.45) is 0 Å². The Bertz CT molecular complexity index is 757. The highest BCUT2D eigenvalue weighted by Gasteiger charge is 2.16. The molecule has 2 N–H and O–H groups in total. The molecule has 0 atom stereocenters. The van der Waals surface area contributed by atoms with Gasteiger partial charge in [-0.2, -0.15) is 0 Å². The number of rotatable bonds is 7. The number of allylic oxidation sites excluding steroid dienone is 1. The molecule has 0 fully saturated rings. The smallest absolute Gasteiger partial charge is 0.294 e. The first-order valence-corrected chi connectivity index (χ1v) is 7.81. The molecule has 0 bridgehead atoms. The Balaban J connectivity index is 2.47. The summed E-state index contributed by atoms with van der Waals surface area (Å²) in [6.45, 7) is 6.82. The van der Waals surface area contributed by atoms with Crippen LogP contribution in [-0.2, 0) is 0 Å². The van der Waals surface area contributed by atoms with Crippen LogP contribution in [0.1, 0.15) is 33.6 Å². The van der Waals surface area contributed by atoms with Crippen molar-refractivity contribution in [2.45, 2.75) is 33.6 Å². The standard InChI is InChI=1S/C18H23NO4/c1-4-5-9-22-16-14-7-6-13(20)11-15(14)19-18(21)17(16)23-10-8-12(2)3/h6-8,11,20H,4-5,9-10H2,1-3H3,(H,19,21). The van der Waals surface area contributed by atoms with Crippen molar-refractivity contribution < 1.29 is 14.6 Å². The average molecular weight is 317 g/mol. The van der Waals surface area contributed by atoms with E-state index in [0.717, 1.165) is 18.4 Å². The lowest BCUT2D eigenvalue weighted by Crippen LogP contribution is -2.14. The lowest BCUT2D eigenvalue weighted by molar-refractivity contribution is 0.279. The summed E-state index contributed by atoms with van der Waals surface area (Å²) < 4.78 is 11.5. The predicted molar refractivity (Wildman–Crippen MR) is 91.6 cm³/mol. The largest absolute Gasteiger partial charge is 0.508 e. The molecule has 2 aromatic rings. The van der Waals surface area contributed by atoms with Gasteiger partial charge in [0.2, 0.25) is 5.75 Å². The van der Waals surface area contributed by atoms with Crippen molar-refractivity contribution in [3.63, 3.8) is 0 Å². The van der Waals surface area contributed by atoms with Gasteiger partial charge in [-0.3, -0.25) is 4.79 Å². The SMILES string of the molecule is CCCCOc1c(OCC=C(C)C)c(=O)[nH]c2cc(O)ccc12. The van der Waals surface area contributed by atoms with Gasteiger partial charge in [0.15, 0.2) is 5.75 Å². The molecule has 0 saturated heterocycles. The highest BCUT2D eigenvalue weighted by molar-refractivity contribution is 5.88. The van der Waals surface area contributed by atoms with E-state index in [1.165, 1.54) is 6.07 Å². The van der Waals surface area contributed by atoms with Gasteiger partial charge >= 0.3 is 0 Å². The Hall–Kier alpha value is -2.43. The summed E-state index contributed by atoms with van der Waals surface area (Å²) in [5.74, 6) is 0.696. The van der Waals surface area contributed by atoms with Crippen LogP contribution in [-0.4, -0.2) is 23.3 Å². The fraction of sp³-hybridized carbons (Fsp3) is 0.389. The lowest BCUT2D eigenvalue weighted by Gasteiger charge is -2.14. The Labute approximate surface area is 135 Å². The number of aromatic nitrogens is 1. The minimum atomic E-state index is -0.364. The van der Waals surface area contributed by atoms with Crippen LogP contribution < -0.4 is 15.0 Å². The number of aromatic amines is 1. The maximum Gasteiger partial charge on any atom is 0.294 e. The van der Waals surface area contributed by atoms with E-state index in [2.05, 4.69) is 11.9 Å². The fourth-order valence-corrected chi connectivity index (χ4v) is 2.12. The highest BCUT2D eigenvalue weighted by Crippen LogP contribution is 2.33. The Morgan fingerprint density at radius 2 is 2.04 bits per heavy atom. The normalized spacial score (nSPS) is 10.6. The molecule has 5 nitrogen and oxygen atoms in total. The first kappa shape index (κ1) is 16.9. The summed E-state index contributed by atoms with van der Waals surface area (Å²) in [5, 5.41) is 10.3. The van der Waals surface area contributed by atoms with Crippen LogP contribution in [0.3, 0.4) is 0 Å². The van der Waals surface area contributed by atoms with Crippen molar-refractivity contribution in [3.8, 4) is 17.2 Å². The average Bonchev–Trinajstić information content (AvgIpc) is 2.49. The number of benzene rings is 1. The zero-order valence-corrected chi connectivity index (χ0v) is 13.8. The summed E-state index contributed by atoms with van der Waals surface area (Å²) in [7, 11) is 0. The second kappa shape index (κ2) is 7.72. The van der Waals surface area contributed by atoms with Crippen molar-refractivity contribution in [3.05, 3.63) is 40.2 Å². The van der Waals surface area contributed by atoms with E-state index < -0.39 is 0 Å². The van der Waals surface area contributed by atoms with Crippen LogP contribution in [0.25, 0.3) is 10.9 Å². The zero-order chi connectivity index (χ0) is 16.8. The van der Waals surface area contributed by atoms with Crippen LogP contribution in [0.5, 0.6) is 17.2 Å². The molecule has 0 aliphatic rings. The highest BCUT2D eigenvalue weighted by atomic mass is 16.5.